The molecule has 98 valence electrons. The summed E-state index contributed by atoms with van der Waals surface area (Å²) in [4.78, 5) is 12.2. The van der Waals surface area contributed by atoms with Gasteiger partial charge in [0.25, 0.3) is 0 Å². The predicted octanol–water partition coefficient (Wildman–Crippen LogP) is 3.81. The first-order valence-electron chi connectivity index (χ1n) is 6.60. The normalized spacial score (nSPS) is 10.4. The topological polar surface area (TPSA) is 22.0 Å². The molecule has 1 aromatic heterocycles. The van der Waals surface area contributed by atoms with E-state index in [0.29, 0.717) is 0 Å². The molecule has 0 spiro atoms. The average Bonchev–Trinajstić information content (AvgIpc) is 2.49. The van der Waals surface area contributed by atoms with E-state index >= 15 is 0 Å². The van der Waals surface area contributed by atoms with Crippen LogP contribution in [0.15, 0.2) is 77.7 Å². The summed E-state index contributed by atoms with van der Waals surface area (Å²) < 4.78 is 2.05. The molecule has 0 saturated carbocycles. The second-order valence-corrected chi connectivity index (χ2v) is 4.76. The number of benzene rings is 2. The summed E-state index contributed by atoms with van der Waals surface area (Å²) in [5.74, 6) is 0. The lowest BCUT2D eigenvalue weighted by Gasteiger charge is -2.12. The Bertz CT molecular complexity index is 774. The summed E-state index contributed by atoms with van der Waals surface area (Å²) in [7, 11) is 0. The molecular weight excluding hydrogens is 246 g/mol. The Kier molecular flexibility index (Phi) is 3.21. The molecule has 20 heavy (non-hydrogen) atoms. The van der Waals surface area contributed by atoms with Crippen LogP contribution in [0.4, 0.5) is 0 Å². The Morgan fingerprint density at radius 2 is 1.45 bits per heavy atom. The molecule has 2 aromatic carbocycles. The van der Waals surface area contributed by atoms with Crippen LogP contribution in [-0.4, -0.2) is 4.57 Å². The van der Waals surface area contributed by atoms with Gasteiger partial charge in [-0.1, -0.05) is 48.5 Å². The molecule has 0 amide bonds. The van der Waals surface area contributed by atoms with Crippen LogP contribution >= 0.6 is 0 Å². The molecule has 0 bridgehead atoms. The Morgan fingerprint density at radius 1 is 0.850 bits per heavy atom. The van der Waals surface area contributed by atoms with E-state index < -0.39 is 0 Å². The minimum Gasteiger partial charge on any atom is -0.320 e. The van der Waals surface area contributed by atoms with Gasteiger partial charge in [-0.05, 0) is 24.6 Å². The average molecular weight is 261 g/mol. The highest BCUT2D eigenvalue weighted by Crippen LogP contribution is 2.18. The second-order valence-electron chi connectivity index (χ2n) is 4.76. The van der Waals surface area contributed by atoms with Crippen molar-refractivity contribution in [2.45, 2.75) is 6.92 Å². The molecule has 1 heterocycles. The fourth-order valence-corrected chi connectivity index (χ4v) is 2.33. The number of rotatable bonds is 2. The Labute approximate surface area is 118 Å². The van der Waals surface area contributed by atoms with Crippen LogP contribution < -0.4 is 5.43 Å². The maximum Gasteiger partial charge on any atom is 0.189 e. The maximum absolute atomic E-state index is 12.2. The van der Waals surface area contributed by atoms with E-state index in [0.717, 1.165) is 22.5 Å². The van der Waals surface area contributed by atoms with Crippen LogP contribution in [-0.2, 0) is 0 Å². The zero-order valence-electron chi connectivity index (χ0n) is 11.3. The summed E-state index contributed by atoms with van der Waals surface area (Å²) in [5.41, 5.74) is 3.71. The first kappa shape index (κ1) is 12.4. The van der Waals surface area contributed by atoms with Gasteiger partial charge in [-0.15, -0.1) is 0 Å². The molecule has 0 radical (unpaired) electrons. The van der Waals surface area contributed by atoms with Crippen LogP contribution in [0.1, 0.15) is 5.69 Å². The predicted molar refractivity (Wildman–Crippen MR) is 82.2 cm³/mol. The van der Waals surface area contributed by atoms with Gasteiger partial charge < -0.3 is 4.57 Å². The minimum atomic E-state index is 0.0564. The van der Waals surface area contributed by atoms with E-state index in [-0.39, 0.29) is 5.43 Å². The standard InChI is InChI=1S/C18H15NO/c1-14-12-18(20)17(15-8-4-2-5-9-15)13-19(14)16-10-6-3-7-11-16/h2-13H,1H3. The zero-order chi connectivity index (χ0) is 13.9. The molecule has 0 fully saturated rings. The SMILES string of the molecule is Cc1cc(=O)c(-c2ccccc2)cn1-c1ccccc1. The highest BCUT2D eigenvalue weighted by molar-refractivity contribution is 5.63. The van der Waals surface area contributed by atoms with Crippen molar-refractivity contribution >= 4 is 0 Å². The van der Waals surface area contributed by atoms with E-state index in [2.05, 4.69) is 0 Å². The van der Waals surface area contributed by atoms with Crippen molar-refractivity contribution in [1.82, 2.24) is 4.57 Å². The smallest absolute Gasteiger partial charge is 0.189 e. The van der Waals surface area contributed by atoms with Gasteiger partial charge >= 0.3 is 0 Å². The Hall–Kier alpha value is -2.61. The summed E-state index contributed by atoms with van der Waals surface area (Å²) >= 11 is 0. The highest BCUT2D eigenvalue weighted by atomic mass is 16.1. The van der Waals surface area contributed by atoms with E-state index in [1.807, 2.05) is 78.4 Å². The van der Waals surface area contributed by atoms with Crippen molar-refractivity contribution in [3.05, 3.63) is 88.8 Å². The minimum absolute atomic E-state index is 0.0564. The number of hydrogen-bond acceptors (Lipinski definition) is 1. The van der Waals surface area contributed by atoms with Gasteiger partial charge in [0.2, 0.25) is 0 Å². The number of nitrogens with zero attached hydrogens (tertiary/aromatic N) is 1. The van der Waals surface area contributed by atoms with Crippen LogP contribution in [0.5, 0.6) is 0 Å². The van der Waals surface area contributed by atoms with Crippen molar-refractivity contribution in [1.29, 1.82) is 0 Å². The summed E-state index contributed by atoms with van der Waals surface area (Å²) in [6, 6.07) is 21.5. The van der Waals surface area contributed by atoms with Crippen LogP contribution in [0.2, 0.25) is 0 Å². The number of para-hydroxylation sites is 1. The zero-order valence-corrected chi connectivity index (χ0v) is 11.3. The summed E-state index contributed by atoms with van der Waals surface area (Å²) in [6.07, 6.45) is 1.92. The lowest BCUT2D eigenvalue weighted by atomic mass is 10.1. The van der Waals surface area contributed by atoms with Crippen molar-refractivity contribution < 1.29 is 0 Å². The summed E-state index contributed by atoms with van der Waals surface area (Å²) in [6.45, 7) is 1.95. The molecule has 0 aliphatic rings. The monoisotopic (exact) mass is 261 g/mol. The van der Waals surface area contributed by atoms with Crippen molar-refractivity contribution in [2.24, 2.45) is 0 Å². The first-order chi connectivity index (χ1) is 9.75. The fourth-order valence-electron chi connectivity index (χ4n) is 2.33. The molecule has 0 aliphatic carbocycles. The van der Waals surface area contributed by atoms with Gasteiger partial charge in [0, 0.05) is 29.2 Å². The van der Waals surface area contributed by atoms with E-state index in [1.54, 1.807) is 6.07 Å². The molecule has 0 saturated heterocycles. The maximum atomic E-state index is 12.2. The van der Waals surface area contributed by atoms with E-state index in [9.17, 15) is 4.79 Å². The van der Waals surface area contributed by atoms with Crippen LogP contribution in [0, 0.1) is 6.92 Å². The Morgan fingerprint density at radius 3 is 2.10 bits per heavy atom. The Balaban J connectivity index is 2.21. The van der Waals surface area contributed by atoms with Gasteiger partial charge in [0.1, 0.15) is 0 Å². The van der Waals surface area contributed by atoms with E-state index in [4.69, 9.17) is 0 Å². The third-order valence-electron chi connectivity index (χ3n) is 3.36. The number of aromatic nitrogens is 1. The van der Waals surface area contributed by atoms with Crippen molar-refractivity contribution in [2.75, 3.05) is 0 Å². The number of hydrogen-bond donors (Lipinski definition) is 0. The number of aryl methyl sites for hydroxylation is 1. The molecule has 0 unspecified atom stereocenters. The van der Waals surface area contributed by atoms with Crippen molar-refractivity contribution in [3.63, 3.8) is 0 Å². The molecule has 0 N–H and O–H groups in total. The van der Waals surface area contributed by atoms with Gasteiger partial charge in [0.05, 0.1) is 0 Å². The lowest BCUT2D eigenvalue weighted by molar-refractivity contribution is 0.976. The first-order valence-corrected chi connectivity index (χ1v) is 6.60. The van der Waals surface area contributed by atoms with Gasteiger partial charge in [-0.25, -0.2) is 0 Å². The van der Waals surface area contributed by atoms with Gasteiger partial charge in [-0.3, -0.25) is 4.79 Å². The molecule has 0 atom stereocenters. The molecule has 2 nitrogen and oxygen atoms in total. The quantitative estimate of drug-likeness (QED) is 0.687. The lowest BCUT2D eigenvalue weighted by Crippen LogP contribution is -2.11. The third kappa shape index (κ3) is 2.28. The molecule has 0 aliphatic heterocycles. The number of pyridine rings is 1. The summed E-state index contributed by atoms with van der Waals surface area (Å²) in [5, 5.41) is 0. The highest BCUT2D eigenvalue weighted by Gasteiger charge is 2.07. The van der Waals surface area contributed by atoms with E-state index in [1.165, 1.54) is 0 Å². The van der Waals surface area contributed by atoms with Crippen molar-refractivity contribution in [3.8, 4) is 16.8 Å². The van der Waals surface area contributed by atoms with Crippen LogP contribution in [0.3, 0.4) is 0 Å². The molecule has 2 heteroatoms. The second kappa shape index (κ2) is 5.17. The largest absolute Gasteiger partial charge is 0.320 e. The fraction of sp³-hybridized carbons (Fsp3) is 0.0556. The molecule has 3 aromatic rings. The van der Waals surface area contributed by atoms with Gasteiger partial charge in [0.15, 0.2) is 5.43 Å². The van der Waals surface area contributed by atoms with Crippen LogP contribution in [0.25, 0.3) is 16.8 Å². The molecule has 3 rings (SSSR count). The third-order valence-corrected chi connectivity index (χ3v) is 3.36. The van der Waals surface area contributed by atoms with Gasteiger partial charge in [-0.2, -0.15) is 0 Å². The molecular formula is C18H15NO.